The second-order valence-electron chi connectivity index (χ2n) is 5.39. The van der Waals surface area contributed by atoms with Crippen molar-refractivity contribution in [2.24, 2.45) is 0 Å². The number of rotatable bonds is 7. The lowest BCUT2D eigenvalue weighted by molar-refractivity contribution is 0.0394. The third-order valence-corrected chi connectivity index (χ3v) is 3.93. The van der Waals surface area contributed by atoms with E-state index in [9.17, 15) is 5.11 Å². The van der Waals surface area contributed by atoms with Crippen LogP contribution in [-0.2, 0) is 4.74 Å². The van der Waals surface area contributed by atoms with Gasteiger partial charge in [-0.25, -0.2) is 0 Å². The average Bonchev–Trinajstić information content (AvgIpc) is 3.19. The first-order valence-electron chi connectivity index (χ1n) is 6.94. The summed E-state index contributed by atoms with van der Waals surface area (Å²) in [4.78, 5) is 2.49. The Morgan fingerprint density at radius 1 is 1.29 bits per heavy atom. The van der Waals surface area contributed by atoms with E-state index in [1.807, 2.05) is 7.11 Å². The molecular weight excluding hydrogens is 216 g/mol. The molecule has 1 heterocycles. The molecule has 4 nitrogen and oxygen atoms in total. The molecule has 1 saturated carbocycles. The molecular formula is C13H26N2O2. The summed E-state index contributed by atoms with van der Waals surface area (Å²) in [6.07, 6.45) is 6.40. The molecule has 2 fully saturated rings. The second-order valence-corrected chi connectivity index (χ2v) is 5.39. The molecule has 0 spiro atoms. The van der Waals surface area contributed by atoms with E-state index in [0.717, 1.165) is 38.9 Å². The fraction of sp³-hybridized carbons (Fsp3) is 1.00. The van der Waals surface area contributed by atoms with Crippen LogP contribution in [0.15, 0.2) is 0 Å². The van der Waals surface area contributed by atoms with Gasteiger partial charge in [0, 0.05) is 32.3 Å². The number of methoxy groups -OCH3 is 1. The Labute approximate surface area is 104 Å². The van der Waals surface area contributed by atoms with Gasteiger partial charge in [0.1, 0.15) is 0 Å². The highest BCUT2D eigenvalue weighted by Gasteiger charge is 2.25. The molecule has 100 valence electrons. The molecule has 2 rings (SSSR count). The van der Waals surface area contributed by atoms with E-state index in [4.69, 9.17) is 4.74 Å². The first-order chi connectivity index (χ1) is 8.31. The van der Waals surface area contributed by atoms with Gasteiger partial charge in [-0.3, -0.25) is 0 Å². The minimum absolute atomic E-state index is 0.269. The van der Waals surface area contributed by atoms with Gasteiger partial charge < -0.3 is 20.1 Å². The second kappa shape index (κ2) is 6.69. The smallest absolute Gasteiger partial charge is 0.0595 e. The number of likely N-dealkylation sites (tertiary alicyclic amines) is 1. The number of piperidine rings is 1. The molecule has 0 aromatic rings. The van der Waals surface area contributed by atoms with Gasteiger partial charge in [0.05, 0.1) is 12.7 Å². The maximum Gasteiger partial charge on any atom is 0.0595 e. The van der Waals surface area contributed by atoms with Crippen molar-refractivity contribution in [2.45, 2.75) is 50.3 Å². The number of hydrogen-bond acceptors (Lipinski definition) is 4. The molecule has 1 aliphatic heterocycles. The van der Waals surface area contributed by atoms with Crippen molar-refractivity contribution in [3.8, 4) is 0 Å². The van der Waals surface area contributed by atoms with Crippen LogP contribution in [0.1, 0.15) is 32.1 Å². The van der Waals surface area contributed by atoms with Gasteiger partial charge in [-0.1, -0.05) is 0 Å². The number of aliphatic hydroxyl groups is 1. The van der Waals surface area contributed by atoms with Crippen LogP contribution in [0.3, 0.4) is 0 Å². The molecule has 2 N–H and O–H groups in total. The molecule has 1 unspecified atom stereocenters. The minimum Gasteiger partial charge on any atom is -0.395 e. The maximum atomic E-state index is 9.31. The number of ether oxygens (including phenoxy) is 1. The highest BCUT2D eigenvalue weighted by atomic mass is 16.5. The van der Waals surface area contributed by atoms with Gasteiger partial charge in [0.25, 0.3) is 0 Å². The topological polar surface area (TPSA) is 44.7 Å². The van der Waals surface area contributed by atoms with E-state index in [0.29, 0.717) is 18.2 Å². The molecule has 4 heteroatoms. The van der Waals surface area contributed by atoms with Gasteiger partial charge in [0.15, 0.2) is 0 Å². The van der Waals surface area contributed by atoms with E-state index in [1.165, 1.54) is 12.8 Å². The standard InChI is InChI=1S/C13H26N2O2/c1-17-13-5-8-15(9-6-13)7-4-12(10-16)14-11-2-3-11/h11-14,16H,2-10H2,1H3. The van der Waals surface area contributed by atoms with Crippen molar-refractivity contribution in [3.05, 3.63) is 0 Å². The van der Waals surface area contributed by atoms with Gasteiger partial charge >= 0.3 is 0 Å². The van der Waals surface area contributed by atoms with Crippen LogP contribution in [0.4, 0.5) is 0 Å². The molecule has 0 aromatic heterocycles. The van der Waals surface area contributed by atoms with Crippen molar-refractivity contribution in [2.75, 3.05) is 33.4 Å². The number of nitrogens with zero attached hydrogens (tertiary/aromatic N) is 1. The Kier molecular flexibility index (Phi) is 5.22. The van der Waals surface area contributed by atoms with Crippen molar-refractivity contribution in [1.82, 2.24) is 10.2 Å². The van der Waals surface area contributed by atoms with Crippen LogP contribution in [0.2, 0.25) is 0 Å². The van der Waals surface area contributed by atoms with Gasteiger partial charge in [-0.05, 0) is 38.6 Å². The lowest BCUT2D eigenvalue weighted by Crippen LogP contribution is -2.41. The molecule has 0 aromatic carbocycles. The third-order valence-electron chi connectivity index (χ3n) is 3.93. The Morgan fingerprint density at radius 2 is 2.00 bits per heavy atom. The molecule has 17 heavy (non-hydrogen) atoms. The largest absolute Gasteiger partial charge is 0.395 e. The Hall–Kier alpha value is -0.160. The van der Waals surface area contributed by atoms with E-state index < -0.39 is 0 Å². The highest BCUT2D eigenvalue weighted by Crippen LogP contribution is 2.20. The zero-order chi connectivity index (χ0) is 12.1. The number of nitrogens with one attached hydrogen (secondary N) is 1. The Bertz CT molecular complexity index is 213. The van der Waals surface area contributed by atoms with Gasteiger partial charge in [0.2, 0.25) is 0 Å². The lowest BCUT2D eigenvalue weighted by atomic mass is 10.1. The molecule has 0 bridgehead atoms. The summed E-state index contributed by atoms with van der Waals surface area (Å²) in [5, 5.41) is 12.8. The van der Waals surface area contributed by atoms with E-state index in [2.05, 4.69) is 10.2 Å². The van der Waals surface area contributed by atoms with Crippen molar-refractivity contribution in [3.63, 3.8) is 0 Å². The van der Waals surface area contributed by atoms with Crippen molar-refractivity contribution in [1.29, 1.82) is 0 Å². The Morgan fingerprint density at radius 3 is 2.53 bits per heavy atom. The van der Waals surface area contributed by atoms with Crippen LogP contribution in [0.25, 0.3) is 0 Å². The predicted octanol–water partition coefficient (Wildman–Crippen LogP) is 0.600. The zero-order valence-corrected chi connectivity index (χ0v) is 10.9. The van der Waals surface area contributed by atoms with E-state index >= 15 is 0 Å². The van der Waals surface area contributed by atoms with Crippen LogP contribution >= 0.6 is 0 Å². The minimum atomic E-state index is 0.269. The number of hydrogen-bond donors (Lipinski definition) is 2. The quantitative estimate of drug-likeness (QED) is 0.686. The monoisotopic (exact) mass is 242 g/mol. The van der Waals surface area contributed by atoms with Gasteiger partial charge in [-0.15, -0.1) is 0 Å². The molecule has 1 aliphatic carbocycles. The molecule has 0 radical (unpaired) electrons. The summed E-state index contributed by atoms with van der Waals surface area (Å²) in [5.74, 6) is 0. The van der Waals surface area contributed by atoms with Crippen LogP contribution in [0, 0.1) is 0 Å². The molecule has 2 aliphatic rings. The lowest BCUT2D eigenvalue weighted by Gasteiger charge is -2.32. The average molecular weight is 242 g/mol. The molecule has 1 atom stereocenters. The summed E-state index contributed by atoms with van der Waals surface area (Å²) < 4.78 is 5.37. The van der Waals surface area contributed by atoms with Crippen molar-refractivity contribution >= 4 is 0 Å². The number of aliphatic hydroxyl groups excluding tert-OH is 1. The van der Waals surface area contributed by atoms with Gasteiger partial charge in [-0.2, -0.15) is 0 Å². The van der Waals surface area contributed by atoms with E-state index in [1.54, 1.807) is 0 Å². The van der Waals surface area contributed by atoms with Crippen molar-refractivity contribution < 1.29 is 9.84 Å². The summed E-state index contributed by atoms with van der Waals surface area (Å²) in [5.41, 5.74) is 0. The summed E-state index contributed by atoms with van der Waals surface area (Å²) in [7, 11) is 1.81. The predicted molar refractivity (Wildman–Crippen MR) is 68.1 cm³/mol. The maximum absolute atomic E-state index is 9.31. The third kappa shape index (κ3) is 4.54. The zero-order valence-electron chi connectivity index (χ0n) is 10.9. The molecule has 0 amide bonds. The fourth-order valence-corrected chi connectivity index (χ4v) is 2.52. The molecule has 1 saturated heterocycles. The highest BCUT2D eigenvalue weighted by molar-refractivity contribution is 4.85. The normalized spacial score (nSPS) is 25.1. The summed E-state index contributed by atoms with van der Waals surface area (Å²) >= 11 is 0. The SMILES string of the molecule is COC1CCN(CCC(CO)NC2CC2)CC1. The fourth-order valence-electron chi connectivity index (χ4n) is 2.52. The Balaban J connectivity index is 1.60. The van der Waals surface area contributed by atoms with Crippen LogP contribution in [0.5, 0.6) is 0 Å². The van der Waals surface area contributed by atoms with Crippen LogP contribution in [-0.4, -0.2) is 61.5 Å². The summed E-state index contributed by atoms with van der Waals surface area (Å²) in [6, 6.07) is 0.981. The van der Waals surface area contributed by atoms with E-state index in [-0.39, 0.29) is 6.61 Å². The summed E-state index contributed by atoms with van der Waals surface area (Å²) in [6.45, 7) is 3.65. The first kappa shape index (κ1) is 13.3. The van der Waals surface area contributed by atoms with Crippen LogP contribution < -0.4 is 5.32 Å². The first-order valence-corrected chi connectivity index (χ1v) is 6.94.